The highest BCUT2D eigenvalue weighted by Crippen LogP contribution is 2.43. The van der Waals surface area contributed by atoms with Crippen LogP contribution in [0.2, 0.25) is 0 Å². The van der Waals surface area contributed by atoms with Crippen LogP contribution in [0.5, 0.6) is 0 Å². The molecule has 0 spiro atoms. The van der Waals surface area contributed by atoms with Crippen LogP contribution < -0.4 is 5.32 Å². The zero-order chi connectivity index (χ0) is 15.3. The minimum Gasteiger partial charge on any atom is -0.312 e. The van der Waals surface area contributed by atoms with E-state index in [4.69, 9.17) is 0 Å². The van der Waals surface area contributed by atoms with Crippen molar-refractivity contribution in [2.24, 2.45) is 5.41 Å². The summed E-state index contributed by atoms with van der Waals surface area (Å²) in [6.07, 6.45) is 11.2. The average molecular weight is 372 g/mol. The zero-order valence-electron chi connectivity index (χ0n) is 13.8. The minimum absolute atomic E-state index is 0.245. The molecule has 1 heterocycles. The van der Waals surface area contributed by atoms with Crippen molar-refractivity contribution in [3.63, 3.8) is 0 Å². The number of rotatable bonds is 6. The molecule has 1 saturated carbocycles. The van der Waals surface area contributed by atoms with Crippen LogP contribution in [0.15, 0.2) is 15.9 Å². The Kier molecular flexibility index (Phi) is 6.34. The highest BCUT2D eigenvalue weighted by molar-refractivity contribution is 9.11. The Morgan fingerprint density at radius 2 is 1.86 bits per heavy atom. The first-order valence-electron chi connectivity index (χ1n) is 8.38. The van der Waals surface area contributed by atoms with E-state index in [1.54, 1.807) is 0 Å². The molecule has 1 aliphatic rings. The van der Waals surface area contributed by atoms with Gasteiger partial charge in [-0.05, 0) is 92.9 Å². The van der Waals surface area contributed by atoms with Gasteiger partial charge in [-0.15, -0.1) is 11.3 Å². The van der Waals surface area contributed by atoms with Gasteiger partial charge in [0.1, 0.15) is 0 Å². The van der Waals surface area contributed by atoms with Gasteiger partial charge in [-0.3, -0.25) is 0 Å². The summed E-state index contributed by atoms with van der Waals surface area (Å²) < 4.78 is 1.27. The molecule has 1 aliphatic carbocycles. The summed E-state index contributed by atoms with van der Waals surface area (Å²) in [5.41, 5.74) is 0.835. The molecule has 0 bridgehead atoms. The summed E-state index contributed by atoms with van der Waals surface area (Å²) in [6, 6.07) is 4.48. The minimum atomic E-state index is 0.245. The van der Waals surface area contributed by atoms with Crippen molar-refractivity contribution in [3.05, 3.63) is 20.8 Å². The van der Waals surface area contributed by atoms with E-state index in [2.05, 4.69) is 54.2 Å². The Morgan fingerprint density at radius 3 is 2.43 bits per heavy atom. The van der Waals surface area contributed by atoms with E-state index in [9.17, 15) is 0 Å². The Hall–Kier alpha value is 0.140. The molecule has 0 amide bonds. The third-order valence-corrected chi connectivity index (χ3v) is 6.44. The van der Waals surface area contributed by atoms with Crippen molar-refractivity contribution in [1.82, 2.24) is 5.32 Å². The smallest absolute Gasteiger partial charge is 0.0701 e. The largest absolute Gasteiger partial charge is 0.312 e. The van der Waals surface area contributed by atoms with Crippen LogP contribution in [0.3, 0.4) is 0 Å². The maximum Gasteiger partial charge on any atom is 0.0701 e. The molecule has 21 heavy (non-hydrogen) atoms. The summed E-state index contributed by atoms with van der Waals surface area (Å²) in [4.78, 5) is 1.54. The van der Waals surface area contributed by atoms with Gasteiger partial charge in [0, 0.05) is 10.4 Å². The van der Waals surface area contributed by atoms with Crippen LogP contribution in [0, 0.1) is 5.41 Å². The Labute approximate surface area is 143 Å². The van der Waals surface area contributed by atoms with Gasteiger partial charge in [0.2, 0.25) is 0 Å². The molecule has 1 fully saturated rings. The average Bonchev–Trinajstić information content (AvgIpc) is 2.82. The lowest BCUT2D eigenvalue weighted by Gasteiger charge is -2.38. The van der Waals surface area contributed by atoms with Gasteiger partial charge >= 0.3 is 0 Å². The van der Waals surface area contributed by atoms with Gasteiger partial charge in [0.05, 0.1) is 3.79 Å². The molecular weight excluding hydrogens is 342 g/mol. The normalized spacial score (nSPS) is 18.9. The molecule has 1 N–H and O–H groups in total. The lowest BCUT2D eigenvalue weighted by molar-refractivity contribution is 0.153. The van der Waals surface area contributed by atoms with E-state index < -0.39 is 0 Å². The number of hydrogen-bond donors (Lipinski definition) is 1. The highest BCUT2D eigenvalue weighted by Gasteiger charge is 2.31. The number of halogens is 1. The Bertz CT molecular complexity index is 427. The standard InChI is InChI=1S/C18H30BrNS/c1-17(2,3)20-14-13-18(10-5-4-6-11-18)12-9-15-7-8-16(19)21-15/h7-8,20H,4-6,9-14H2,1-3H3. The highest BCUT2D eigenvalue weighted by atomic mass is 79.9. The molecular formula is C18H30BrNS. The van der Waals surface area contributed by atoms with Gasteiger partial charge < -0.3 is 5.32 Å². The van der Waals surface area contributed by atoms with Crippen LogP contribution in [0.4, 0.5) is 0 Å². The van der Waals surface area contributed by atoms with Gasteiger partial charge in [-0.2, -0.15) is 0 Å². The van der Waals surface area contributed by atoms with Gasteiger partial charge in [0.15, 0.2) is 0 Å². The quantitative estimate of drug-likeness (QED) is 0.629. The Morgan fingerprint density at radius 1 is 1.14 bits per heavy atom. The zero-order valence-corrected chi connectivity index (χ0v) is 16.2. The molecule has 1 aromatic heterocycles. The molecule has 3 heteroatoms. The topological polar surface area (TPSA) is 12.0 Å². The molecule has 0 radical (unpaired) electrons. The molecule has 0 saturated heterocycles. The number of nitrogens with one attached hydrogen (secondary N) is 1. The lowest BCUT2D eigenvalue weighted by Crippen LogP contribution is -2.39. The predicted octanol–water partition coefficient (Wildman–Crippen LogP) is 6.17. The van der Waals surface area contributed by atoms with Gasteiger partial charge in [0.25, 0.3) is 0 Å². The van der Waals surface area contributed by atoms with E-state index in [0.29, 0.717) is 5.41 Å². The second-order valence-electron chi connectivity index (χ2n) is 7.69. The first-order valence-corrected chi connectivity index (χ1v) is 9.99. The molecule has 1 aromatic rings. The van der Waals surface area contributed by atoms with Crippen LogP contribution in [0.25, 0.3) is 0 Å². The number of aryl methyl sites for hydroxylation is 1. The van der Waals surface area contributed by atoms with Crippen LogP contribution >= 0.6 is 27.3 Å². The molecule has 2 rings (SSSR count). The summed E-state index contributed by atoms with van der Waals surface area (Å²) in [7, 11) is 0. The summed E-state index contributed by atoms with van der Waals surface area (Å²) in [5, 5.41) is 3.69. The third kappa shape index (κ3) is 6.03. The van der Waals surface area contributed by atoms with E-state index in [1.165, 1.54) is 60.0 Å². The Balaban J connectivity index is 1.89. The molecule has 0 atom stereocenters. The maximum absolute atomic E-state index is 3.69. The summed E-state index contributed by atoms with van der Waals surface area (Å²) in [6.45, 7) is 7.97. The van der Waals surface area contributed by atoms with E-state index in [-0.39, 0.29) is 5.54 Å². The SMILES string of the molecule is CC(C)(C)NCCC1(CCc2ccc(Br)s2)CCCCC1. The van der Waals surface area contributed by atoms with E-state index >= 15 is 0 Å². The number of thiophene rings is 1. The van der Waals surface area contributed by atoms with E-state index in [0.717, 1.165) is 6.54 Å². The van der Waals surface area contributed by atoms with Crippen molar-refractivity contribution >= 4 is 27.3 Å². The fraction of sp³-hybridized carbons (Fsp3) is 0.778. The van der Waals surface area contributed by atoms with Crippen LogP contribution in [-0.2, 0) is 6.42 Å². The fourth-order valence-electron chi connectivity index (χ4n) is 3.50. The molecule has 0 aliphatic heterocycles. The third-order valence-electron chi connectivity index (χ3n) is 4.76. The summed E-state index contributed by atoms with van der Waals surface area (Å²) >= 11 is 5.49. The lowest BCUT2D eigenvalue weighted by atomic mass is 9.69. The second-order valence-corrected chi connectivity index (χ2v) is 10.2. The first kappa shape index (κ1) is 17.5. The van der Waals surface area contributed by atoms with Crippen LogP contribution in [0.1, 0.15) is 70.6 Å². The summed E-state index contributed by atoms with van der Waals surface area (Å²) in [5.74, 6) is 0. The van der Waals surface area contributed by atoms with Crippen LogP contribution in [-0.4, -0.2) is 12.1 Å². The van der Waals surface area contributed by atoms with Crippen molar-refractivity contribution in [2.75, 3.05) is 6.54 Å². The molecule has 120 valence electrons. The molecule has 1 nitrogen and oxygen atoms in total. The van der Waals surface area contributed by atoms with Crippen molar-refractivity contribution in [2.45, 2.75) is 77.7 Å². The van der Waals surface area contributed by atoms with Crippen molar-refractivity contribution < 1.29 is 0 Å². The predicted molar refractivity (Wildman–Crippen MR) is 98.2 cm³/mol. The molecule has 0 aromatic carbocycles. The maximum atomic E-state index is 3.69. The van der Waals surface area contributed by atoms with Gasteiger partial charge in [-0.25, -0.2) is 0 Å². The van der Waals surface area contributed by atoms with E-state index in [1.807, 2.05) is 11.3 Å². The second kappa shape index (κ2) is 7.61. The molecule has 0 unspecified atom stereocenters. The first-order chi connectivity index (χ1) is 9.89. The van der Waals surface area contributed by atoms with Crippen molar-refractivity contribution in [1.29, 1.82) is 0 Å². The monoisotopic (exact) mass is 371 g/mol. The fourth-order valence-corrected chi connectivity index (χ4v) is 4.99. The van der Waals surface area contributed by atoms with Crippen molar-refractivity contribution in [3.8, 4) is 0 Å². The van der Waals surface area contributed by atoms with Gasteiger partial charge in [-0.1, -0.05) is 19.3 Å². The number of hydrogen-bond acceptors (Lipinski definition) is 2.